The van der Waals surface area contributed by atoms with Crippen molar-refractivity contribution in [3.8, 4) is 5.75 Å². The Labute approximate surface area is 137 Å². The lowest BCUT2D eigenvalue weighted by molar-refractivity contribution is -0.0498. The molecule has 6 heteroatoms. The highest BCUT2D eigenvalue weighted by Gasteiger charge is 2.08. The maximum absolute atomic E-state index is 12.2. The van der Waals surface area contributed by atoms with Gasteiger partial charge in [-0.15, -0.1) is 0 Å². The highest BCUT2D eigenvalue weighted by Crippen LogP contribution is 2.17. The number of allylic oxidation sites excluding steroid dienone is 1. The first-order valence-corrected chi connectivity index (χ1v) is 6.95. The van der Waals surface area contributed by atoms with Crippen LogP contribution in [0.4, 0.5) is 8.78 Å². The zero-order chi connectivity index (χ0) is 17.5. The summed E-state index contributed by atoms with van der Waals surface area (Å²) in [6.45, 7) is -2.95. The zero-order valence-corrected chi connectivity index (χ0v) is 12.7. The van der Waals surface area contributed by atoms with E-state index in [2.05, 4.69) is 9.47 Å². The van der Waals surface area contributed by atoms with E-state index in [4.69, 9.17) is 0 Å². The molecule has 0 saturated heterocycles. The van der Waals surface area contributed by atoms with Gasteiger partial charge in [0.25, 0.3) is 0 Å². The van der Waals surface area contributed by atoms with Crippen molar-refractivity contribution in [1.82, 2.24) is 0 Å². The summed E-state index contributed by atoms with van der Waals surface area (Å²) in [5.74, 6) is -0.879. The van der Waals surface area contributed by atoms with Gasteiger partial charge in [-0.2, -0.15) is 8.78 Å². The van der Waals surface area contributed by atoms with Gasteiger partial charge in [-0.1, -0.05) is 30.3 Å². The van der Waals surface area contributed by atoms with E-state index in [9.17, 15) is 18.4 Å². The van der Waals surface area contributed by atoms with Crippen LogP contribution in [0.3, 0.4) is 0 Å². The molecule has 2 aromatic carbocycles. The molecule has 0 atom stereocenters. The lowest BCUT2D eigenvalue weighted by atomic mass is 10.1. The number of carbonyl (C=O) groups excluding carboxylic acids is 2. The van der Waals surface area contributed by atoms with Gasteiger partial charge in [-0.05, 0) is 35.9 Å². The number of benzene rings is 2. The minimum absolute atomic E-state index is 0.0771. The summed E-state index contributed by atoms with van der Waals surface area (Å²) < 4.78 is 33.2. The smallest absolute Gasteiger partial charge is 0.387 e. The van der Waals surface area contributed by atoms with Gasteiger partial charge in [0, 0.05) is 5.56 Å². The predicted octanol–water partition coefficient (Wildman–Crippen LogP) is 3.97. The molecule has 0 unspecified atom stereocenters. The number of rotatable bonds is 6. The molecule has 0 N–H and O–H groups in total. The predicted molar refractivity (Wildman–Crippen MR) is 84.2 cm³/mol. The first kappa shape index (κ1) is 17.3. The van der Waals surface area contributed by atoms with Crippen molar-refractivity contribution in [2.75, 3.05) is 7.11 Å². The van der Waals surface area contributed by atoms with Gasteiger partial charge in [0.2, 0.25) is 0 Å². The molecule has 4 nitrogen and oxygen atoms in total. The van der Waals surface area contributed by atoms with Gasteiger partial charge in [-0.25, -0.2) is 4.79 Å². The number of carbonyl (C=O) groups is 2. The zero-order valence-electron chi connectivity index (χ0n) is 12.7. The molecule has 0 saturated carbocycles. The van der Waals surface area contributed by atoms with Crippen molar-refractivity contribution >= 4 is 17.8 Å². The lowest BCUT2D eigenvalue weighted by Gasteiger charge is -2.05. The summed E-state index contributed by atoms with van der Waals surface area (Å²) in [7, 11) is 1.29. The van der Waals surface area contributed by atoms with Crippen molar-refractivity contribution in [3.63, 3.8) is 0 Å². The van der Waals surface area contributed by atoms with Gasteiger partial charge < -0.3 is 9.47 Å². The van der Waals surface area contributed by atoms with Crippen LogP contribution in [0.5, 0.6) is 5.75 Å². The average molecular weight is 332 g/mol. The van der Waals surface area contributed by atoms with Crippen molar-refractivity contribution in [2.24, 2.45) is 0 Å². The van der Waals surface area contributed by atoms with Crippen LogP contribution in [0.15, 0.2) is 54.6 Å². The van der Waals surface area contributed by atoms with Crippen LogP contribution in [0, 0.1) is 0 Å². The molecule has 0 aliphatic carbocycles. The van der Waals surface area contributed by atoms with Gasteiger partial charge in [0.15, 0.2) is 5.78 Å². The Morgan fingerprint density at radius 2 is 1.75 bits per heavy atom. The molecule has 0 radical (unpaired) electrons. The van der Waals surface area contributed by atoms with Gasteiger partial charge in [0.1, 0.15) is 5.75 Å². The molecule has 0 bridgehead atoms. The molecule has 2 aromatic rings. The van der Waals surface area contributed by atoms with E-state index in [1.54, 1.807) is 30.3 Å². The Bertz CT molecular complexity index is 752. The van der Waals surface area contributed by atoms with E-state index in [-0.39, 0.29) is 17.1 Å². The number of hydrogen-bond donors (Lipinski definition) is 0. The minimum atomic E-state index is -2.95. The van der Waals surface area contributed by atoms with Crippen molar-refractivity contribution in [2.45, 2.75) is 6.61 Å². The highest BCUT2D eigenvalue weighted by atomic mass is 19.3. The standard InChI is InChI=1S/C18H14F2O4/c1-23-17(22)13-8-5-12(6-9-13)7-10-16(21)14-3-2-4-15(11-14)24-18(19)20/h2-11,18H,1H3/b10-7+. The summed E-state index contributed by atoms with van der Waals surface area (Å²) in [6.07, 6.45) is 2.87. The average Bonchev–Trinajstić information content (AvgIpc) is 2.59. The van der Waals surface area contributed by atoms with Crippen LogP contribution in [-0.2, 0) is 4.74 Å². The van der Waals surface area contributed by atoms with Crippen LogP contribution in [0.1, 0.15) is 26.3 Å². The van der Waals surface area contributed by atoms with E-state index >= 15 is 0 Å². The molecule has 0 heterocycles. The van der Waals surface area contributed by atoms with E-state index in [0.717, 1.165) is 0 Å². The SMILES string of the molecule is COC(=O)c1ccc(/C=C/C(=O)c2cccc(OC(F)F)c2)cc1. The fourth-order valence-electron chi connectivity index (χ4n) is 1.94. The summed E-state index contributed by atoms with van der Waals surface area (Å²) in [4.78, 5) is 23.4. The molecule has 124 valence electrons. The second kappa shape index (κ2) is 8.01. The number of alkyl halides is 2. The number of hydrogen-bond acceptors (Lipinski definition) is 4. The number of methoxy groups -OCH3 is 1. The topological polar surface area (TPSA) is 52.6 Å². The van der Waals surface area contributed by atoms with Crippen molar-refractivity contribution < 1.29 is 27.8 Å². The van der Waals surface area contributed by atoms with E-state index in [1.807, 2.05) is 0 Å². The highest BCUT2D eigenvalue weighted by molar-refractivity contribution is 6.07. The number of ether oxygens (including phenoxy) is 2. The van der Waals surface area contributed by atoms with E-state index < -0.39 is 12.6 Å². The Balaban J connectivity index is 2.08. The minimum Gasteiger partial charge on any atom is -0.465 e. The van der Waals surface area contributed by atoms with Crippen LogP contribution >= 0.6 is 0 Å². The number of esters is 1. The summed E-state index contributed by atoms with van der Waals surface area (Å²) in [6, 6.07) is 12.0. The summed E-state index contributed by atoms with van der Waals surface area (Å²) in [5, 5.41) is 0. The second-order valence-electron chi connectivity index (χ2n) is 4.72. The maximum atomic E-state index is 12.2. The molecule has 24 heavy (non-hydrogen) atoms. The molecule has 0 spiro atoms. The van der Waals surface area contributed by atoms with Gasteiger partial charge in [-0.3, -0.25) is 4.79 Å². The Morgan fingerprint density at radius 3 is 2.38 bits per heavy atom. The summed E-state index contributed by atoms with van der Waals surface area (Å²) in [5.41, 5.74) is 1.34. The summed E-state index contributed by atoms with van der Waals surface area (Å²) >= 11 is 0. The fourth-order valence-corrected chi connectivity index (χ4v) is 1.94. The quantitative estimate of drug-likeness (QED) is 0.456. The first-order chi connectivity index (χ1) is 11.5. The van der Waals surface area contributed by atoms with Gasteiger partial charge >= 0.3 is 12.6 Å². The molecule has 0 aliphatic rings. The third-order valence-electron chi connectivity index (χ3n) is 3.10. The molecule has 0 aliphatic heterocycles. The Hall–Kier alpha value is -3.02. The van der Waals surface area contributed by atoms with Crippen LogP contribution in [0.25, 0.3) is 6.08 Å². The van der Waals surface area contributed by atoms with Crippen LogP contribution in [0.2, 0.25) is 0 Å². The molecular weight excluding hydrogens is 318 g/mol. The van der Waals surface area contributed by atoms with Gasteiger partial charge in [0.05, 0.1) is 12.7 Å². The third kappa shape index (κ3) is 4.74. The molecule has 2 rings (SSSR count). The molecule has 0 aromatic heterocycles. The molecule has 0 fully saturated rings. The fraction of sp³-hybridized carbons (Fsp3) is 0.111. The molecular formula is C18H14F2O4. The second-order valence-corrected chi connectivity index (χ2v) is 4.72. The van der Waals surface area contributed by atoms with Crippen LogP contribution < -0.4 is 4.74 Å². The van der Waals surface area contributed by atoms with E-state index in [0.29, 0.717) is 11.1 Å². The van der Waals surface area contributed by atoms with E-state index in [1.165, 1.54) is 37.5 Å². The Kier molecular flexibility index (Phi) is 5.78. The number of halogens is 2. The van der Waals surface area contributed by atoms with Crippen molar-refractivity contribution in [1.29, 1.82) is 0 Å². The lowest BCUT2D eigenvalue weighted by Crippen LogP contribution is -2.03. The third-order valence-corrected chi connectivity index (χ3v) is 3.10. The largest absolute Gasteiger partial charge is 0.465 e. The maximum Gasteiger partial charge on any atom is 0.387 e. The van der Waals surface area contributed by atoms with Crippen LogP contribution in [-0.4, -0.2) is 25.5 Å². The van der Waals surface area contributed by atoms with Crippen molar-refractivity contribution in [3.05, 3.63) is 71.3 Å². The number of ketones is 1. The molecule has 0 amide bonds. The monoisotopic (exact) mass is 332 g/mol. The normalized spacial score (nSPS) is 10.8. The Morgan fingerprint density at radius 1 is 1.04 bits per heavy atom. The first-order valence-electron chi connectivity index (χ1n) is 6.95.